The van der Waals surface area contributed by atoms with Crippen molar-refractivity contribution in [2.24, 2.45) is 16.8 Å². The number of rotatable bonds is 3. The van der Waals surface area contributed by atoms with Crippen LogP contribution in [0.15, 0.2) is 4.99 Å². The van der Waals surface area contributed by atoms with E-state index in [1.165, 1.54) is 30.3 Å². The Morgan fingerprint density at radius 1 is 1.31 bits per heavy atom. The van der Waals surface area contributed by atoms with E-state index < -0.39 is 0 Å². The second-order valence-electron chi connectivity index (χ2n) is 5.61. The van der Waals surface area contributed by atoms with Gasteiger partial charge in [0.2, 0.25) is 0 Å². The van der Waals surface area contributed by atoms with Crippen LogP contribution in [0.3, 0.4) is 0 Å². The SMILES string of the molecule is CC(C)C1CC1/N=C1\SCCCN1C(C)C. The molecule has 2 nitrogen and oxygen atoms in total. The zero-order valence-electron chi connectivity index (χ0n) is 10.9. The third-order valence-electron chi connectivity index (χ3n) is 3.58. The molecule has 1 saturated carbocycles. The second kappa shape index (κ2) is 4.99. The molecule has 0 amide bonds. The first kappa shape index (κ1) is 12.3. The molecule has 0 radical (unpaired) electrons. The number of thioether (sulfide) groups is 1. The van der Waals surface area contributed by atoms with Gasteiger partial charge in [0.25, 0.3) is 0 Å². The molecule has 2 rings (SSSR count). The molecular weight excluding hydrogens is 216 g/mol. The van der Waals surface area contributed by atoms with Crippen LogP contribution in [-0.2, 0) is 0 Å². The maximum atomic E-state index is 4.96. The fourth-order valence-electron chi connectivity index (χ4n) is 2.37. The topological polar surface area (TPSA) is 15.6 Å². The minimum Gasteiger partial charge on any atom is -0.349 e. The van der Waals surface area contributed by atoms with Crippen molar-refractivity contribution in [3.05, 3.63) is 0 Å². The highest BCUT2D eigenvalue weighted by Gasteiger charge is 2.40. The van der Waals surface area contributed by atoms with Crippen molar-refractivity contribution < 1.29 is 0 Å². The summed E-state index contributed by atoms with van der Waals surface area (Å²) in [6.45, 7) is 10.4. The third kappa shape index (κ3) is 2.73. The first-order valence-electron chi connectivity index (χ1n) is 6.57. The minimum absolute atomic E-state index is 0.600. The largest absolute Gasteiger partial charge is 0.349 e. The van der Waals surface area contributed by atoms with Gasteiger partial charge in [0, 0.05) is 18.3 Å². The van der Waals surface area contributed by atoms with Crippen molar-refractivity contribution in [3.8, 4) is 0 Å². The van der Waals surface area contributed by atoms with Crippen molar-refractivity contribution in [1.29, 1.82) is 0 Å². The van der Waals surface area contributed by atoms with E-state index in [1.807, 2.05) is 11.8 Å². The van der Waals surface area contributed by atoms with Crippen LogP contribution < -0.4 is 0 Å². The van der Waals surface area contributed by atoms with Gasteiger partial charge >= 0.3 is 0 Å². The molecule has 3 heteroatoms. The summed E-state index contributed by atoms with van der Waals surface area (Å²) in [5.41, 5.74) is 0. The van der Waals surface area contributed by atoms with Crippen LogP contribution in [0.1, 0.15) is 40.5 Å². The highest BCUT2D eigenvalue weighted by Crippen LogP contribution is 2.41. The van der Waals surface area contributed by atoms with Crippen LogP contribution in [0.4, 0.5) is 0 Å². The lowest BCUT2D eigenvalue weighted by Gasteiger charge is -2.33. The Labute approximate surface area is 104 Å². The maximum Gasteiger partial charge on any atom is 0.159 e. The number of aliphatic imine (C=N–C) groups is 1. The van der Waals surface area contributed by atoms with Crippen LogP contribution in [0.2, 0.25) is 0 Å². The average molecular weight is 240 g/mol. The zero-order valence-corrected chi connectivity index (χ0v) is 11.8. The number of hydrogen-bond acceptors (Lipinski definition) is 2. The summed E-state index contributed by atoms with van der Waals surface area (Å²) in [5.74, 6) is 2.90. The second-order valence-corrected chi connectivity index (χ2v) is 6.67. The molecule has 92 valence electrons. The summed E-state index contributed by atoms with van der Waals surface area (Å²) in [7, 11) is 0. The minimum atomic E-state index is 0.600. The smallest absolute Gasteiger partial charge is 0.159 e. The summed E-state index contributed by atoms with van der Waals surface area (Å²) in [5, 5.41) is 1.31. The number of nitrogens with zero attached hydrogens (tertiary/aromatic N) is 2. The Hall–Kier alpha value is -0.180. The van der Waals surface area contributed by atoms with E-state index in [1.54, 1.807) is 0 Å². The summed E-state index contributed by atoms with van der Waals surface area (Å²) >= 11 is 1.96. The van der Waals surface area contributed by atoms with E-state index in [2.05, 4.69) is 32.6 Å². The Bertz CT molecular complexity index is 273. The average Bonchev–Trinajstić information content (AvgIpc) is 2.98. The first-order valence-corrected chi connectivity index (χ1v) is 7.55. The van der Waals surface area contributed by atoms with E-state index >= 15 is 0 Å². The molecule has 1 aliphatic carbocycles. The normalized spacial score (nSPS) is 32.9. The summed E-state index contributed by atoms with van der Waals surface area (Å²) in [6.07, 6.45) is 2.62. The van der Waals surface area contributed by atoms with Crippen molar-refractivity contribution in [2.75, 3.05) is 12.3 Å². The number of hydrogen-bond donors (Lipinski definition) is 0. The summed E-state index contributed by atoms with van der Waals surface area (Å²) in [4.78, 5) is 7.43. The van der Waals surface area contributed by atoms with Crippen LogP contribution >= 0.6 is 11.8 Å². The van der Waals surface area contributed by atoms with E-state index in [0.29, 0.717) is 12.1 Å². The molecule has 2 fully saturated rings. The Morgan fingerprint density at radius 2 is 2.06 bits per heavy atom. The van der Waals surface area contributed by atoms with Gasteiger partial charge in [0.1, 0.15) is 0 Å². The zero-order chi connectivity index (χ0) is 11.7. The van der Waals surface area contributed by atoms with Crippen LogP contribution in [0, 0.1) is 11.8 Å². The van der Waals surface area contributed by atoms with Crippen LogP contribution in [0.25, 0.3) is 0 Å². The van der Waals surface area contributed by atoms with Gasteiger partial charge in [-0.1, -0.05) is 25.6 Å². The van der Waals surface area contributed by atoms with Gasteiger partial charge in [-0.3, -0.25) is 4.99 Å². The lowest BCUT2D eigenvalue weighted by molar-refractivity contribution is 0.351. The fourth-order valence-corrected chi connectivity index (χ4v) is 3.51. The van der Waals surface area contributed by atoms with E-state index in [-0.39, 0.29) is 0 Å². The molecule has 0 bridgehead atoms. The highest BCUT2D eigenvalue weighted by atomic mass is 32.2. The molecule has 1 aliphatic heterocycles. The summed E-state index contributed by atoms with van der Waals surface area (Å²) in [6, 6.07) is 1.23. The molecule has 0 aromatic heterocycles. The summed E-state index contributed by atoms with van der Waals surface area (Å²) < 4.78 is 0. The van der Waals surface area contributed by atoms with Crippen molar-refractivity contribution >= 4 is 16.9 Å². The molecule has 2 atom stereocenters. The van der Waals surface area contributed by atoms with Crippen LogP contribution in [-0.4, -0.2) is 34.4 Å². The number of amidine groups is 1. The van der Waals surface area contributed by atoms with Crippen molar-refractivity contribution in [1.82, 2.24) is 4.90 Å². The van der Waals surface area contributed by atoms with E-state index in [4.69, 9.17) is 4.99 Å². The third-order valence-corrected chi connectivity index (χ3v) is 4.67. The lowest BCUT2D eigenvalue weighted by atomic mass is 10.1. The van der Waals surface area contributed by atoms with Crippen LogP contribution in [0.5, 0.6) is 0 Å². The Morgan fingerprint density at radius 3 is 2.62 bits per heavy atom. The fraction of sp³-hybridized carbons (Fsp3) is 0.923. The molecule has 1 heterocycles. The Balaban J connectivity index is 1.98. The molecule has 2 unspecified atom stereocenters. The van der Waals surface area contributed by atoms with Crippen molar-refractivity contribution in [3.63, 3.8) is 0 Å². The molecule has 0 aromatic rings. The molecule has 16 heavy (non-hydrogen) atoms. The highest BCUT2D eigenvalue weighted by molar-refractivity contribution is 8.13. The molecule has 0 spiro atoms. The monoisotopic (exact) mass is 240 g/mol. The first-order chi connectivity index (χ1) is 7.59. The van der Waals surface area contributed by atoms with Gasteiger partial charge in [0.15, 0.2) is 5.17 Å². The van der Waals surface area contributed by atoms with Gasteiger partial charge < -0.3 is 4.90 Å². The van der Waals surface area contributed by atoms with Gasteiger partial charge in [0.05, 0.1) is 6.04 Å². The molecule has 0 N–H and O–H groups in total. The van der Waals surface area contributed by atoms with E-state index in [0.717, 1.165) is 11.8 Å². The van der Waals surface area contributed by atoms with Gasteiger partial charge in [-0.15, -0.1) is 0 Å². The molecule has 1 saturated heterocycles. The maximum absolute atomic E-state index is 4.96. The predicted molar refractivity (Wildman–Crippen MR) is 73.1 cm³/mol. The predicted octanol–water partition coefficient (Wildman–Crippen LogP) is 3.23. The standard InChI is InChI=1S/C13H24N2S/c1-9(2)11-8-12(11)14-13-15(10(3)4)6-5-7-16-13/h9-12H,5-8H2,1-4H3/b14-13-. The van der Waals surface area contributed by atoms with Gasteiger partial charge in [-0.05, 0) is 38.5 Å². The Kier molecular flexibility index (Phi) is 3.83. The molecule has 0 aromatic carbocycles. The van der Waals surface area contributed by atoms with Gasteiger partial charge in [-0.2, -0.15) is 0 Å². The van der Waals surface area contributed by atoms with Crippen molar-refractivity contribution in [2.45, 2.75) is 52.6 Å². The molecule has 2 aliphatic rings. The van der Waals surface area contributed by atoms with E-state index in [9.17, 15) is 0 Å². The molecular formula is C13H24N2S. The van der Waals surface area contributed by atoms with Gasteiger partial charge in [-0.25, -0.2) is 0 Å². The lowest BCUT2D eigenvalue weighted by Crippen LogP contribution is -2.39. The quantitative estimate of drug-likeness (QED) is 0.752.